The molecule has 0 saturated heterocycles. The minimum atomic E-state index is 0.152. The molecular formula is C16H20N2O. The van der Waals surface area contributed by atoms with Gasteiger partial charge in [0.1, 0.15) is 5.75 Å². The topological polar surface area (TPSA) is 34.2 Å². The molecule has 1 aromatic heterocycles. The van der Waals surface area contributed by atoms with Gasteiger partial charge in [0.25, 0.3) is 0 Å². The summed E-state index contributed by atoms with van der Waals surface area (Å²) in [6.45, 7) is 5.69. The second-order valence-electron chi connectivity index (χ2n) is 4.28. The number of benzene rings is 1. The lowest BCUT2D eigenvalue weighted by atomic mass is 10.00. The number of hydrogen-bond acceptors (Lipinski definition) is 3. The maximum absolute atomic E-state index is 5.57. The summed E-state index contributed by atoms with van der Waals surface area (Å²) in [6, 6.07) is 12.4. The van der Waals surface area contributed by atoms with Crippen molar-refractivity contribution in [3.05, 3.63) is 59.9 Å². The molecule has 0 aliphatic heterocycles. The third kappa shape index (κ3) is 3.55. The first-order chi connectivity index (χ1) is 9.35. The van der Waals surface area contributed by atoms with Crippen LogP contribution < -0.4 is 10.1 Å². The minimum Gasteiger partial charge on any atom is -0.494 e. The van der Waals surface area contributed by atoms with Crippen LogP contribution in [0.1, 0.15) is 31.0 Å². The van der Waals surface area contributed by atoms with E-state index in [1.165, 1.54) is 5.56 Å². The zero-order valence-electron chi connectivity index (χ0n) is 11.5. The Kier molecular flexibility index (Phi) is 4.93. The monoisotopic (exact) mass is 256 g/mol. The molecule has 1 atom stereocenters. The first-order valence-corrected chi connectivity index (χ1v) is 6.71. The number of ether oxygens (including phenoxy) is 1. The molecule has 19 heavy (non-hydrogen) atoms. The first-order valence-electron chi connectivity index (χ1n) is 6.71. The quantitative estimate of drug-likeness (QED) is 0.862. The van der Waals surface area contributed by atoms with Crippen LogP contribution in [0.15, 0.2) is 48.8 Å². The Morgan fingerprint density at radius 3 is 2.68 bits per heavy atom. The maximum Gasteiger partial charge on any atom is 0.119 e. The molecule has 100 valence electrons. The molecule has 0 radical (unpaired) electrons. The smallest absolute Gasteiger partial charge is 0.119 e. The van der Waals surface area contributed by atoms with Gasteiger partial charge in [-0.15, -0.1) is 0 Å². The van der Waals surface area contributed by atoms with Gasteiger partial charge in [-0.2, -0.15) is 0 Å². The van der Waals surface area contributed by atoms with Crippen LogP contribution in [0, 0.1) is 0 Å². The van der Waals surface area contributed by atoms with Crippen molar-refractivity contribution in [3.8, 4) is 5.75 Å². The van der Waals surface area contributed by atoms with Crippen LogP contribution in [0.4, 0.5) is 0 Å². The second kappa shape index (κ2) is 6.90. The van der Waals surface area contributed by atoms with Crippen molar-refractivity contribution >= 4 is 0 Å². The normalized spacial score (nSPS) is 12.1. The molecule has 1 aromatic carbocycles. The van der Waals surface area contributed by atoms with E-state index in [9.17, 15) is 0 Å². The lowest BCUT2D eigenvalue weighted by Crippen LogP contribution is -2.22. The lowest BCUT2D eigenvalue weighted by Gasteiger charge is -2.19. The van der Waals surface area contributed by atoms with E-state index < -0.39 is 0 Å². The van der Waals surface area contributed by atoms with E-state index in [1.807, 2.05) is 31.3 Å². The highest BCUT2D eigenvalue weighted by Crippen LogP contribution is 2.24. The standard InChI is InChI=1S/C16H20N2O/c1-3-18-16(14-8-6-10-17-12-14)13-7-5-9-15(11-13)19-4-2/h5-12,16,18H,3-4H2,1-2H3. The van der Waals surface area contributed by atoms with Crippen LogP contribution in [0.5, 0.6) is 5.75 Å². The number of hydrogen-bond donors (Lipinski definition) is 1. The van der Waals surface area contributed by atoms with Crippen molar-refractivity contribution < 1.29 is 4.74 Å². The zero-order chi connectivity index (χ0) is 13.5. The average molecular weight is 256 g/mol. The Hall–Kier alpha value is -1.87. The summed E-state index contributed by atoms with van der Waals surface area (Å²) in [6.07, 6.45) is 3.70. The van der Waals surface area contributed by atoms with E-state index in [2.05, 4.69) is 35.4 Å². The van der Waals surface area contributed by atoms with Crippen LogP contribution in [0.25, 0.3) is 0 Å². The van der Waals surface area contributed by atoms with Crippen molar-refractivity contribution in [2.24, 2.45) is 0 Å². The van der Waals surface area contributed by atoms with E-state index in [1.54, 1.807) is 6.20 Å². The summed E-state index contributed by atoms with van der Waals surface area (Å²) in [4.78, 5) is 4.20. The molecule has 0 aliphatic rings. The summed E-state index contributed by atoms with van der Waals surface area (Å²) in [5.41, 5.74) is 2.36. The molecule has 0 fully saturated rings. The van der Waals surface area contributed by atoms with Gasteiger partial charge in [0, 0.05) is 12.4 Å². The average Bonchev–Trinajstić information content (AvgIpc) is 2.46. The molecule has 1 unspecified atom stereocenters. The lowest BCUT2D eigenvalue weighted by molar-refractivity contribution is 0.339. The van der Waals surface area contributed by atoms with Gasteiger partial charge in [0.05, 0.1) is 12.6 Å². The minimum absolute atomic E-state index is 0.152. The Bertz CT molecular complexity index is 499. The summed E-state index contributed by atoms with van der Waals surface area (Å²) >= 11 is 0. The number of aromatic nitrogens is 1. The number of nitrogens with zero attached hydrogens (tertiary/aromatic N) is 1. The maximum atomic E-state index is 5.57. The molecule has 1 N–H and O–H groups in total. The number of rotatable bonds is 6. The van der Waals surface area contributed by atoms with Crippen molar-refractivity contribution in [2.45, 2.75) is 19.9 Å². The number of nitrogens with one attached hydrogen (secondary N) is 1. The van der Waals surface area contributed by atoms with Crippen LogP contribution in [-0.2, 0) is 0 Å². The highest BCUT2D eigenvalue weighted by Gasteiger charge is 2.13. The zero-order valence-corrected chi connectivity index (χ0v) is 11.5. The Labute approximate surface area is 114 Å². The van der Waals surface area contributed by atoms with E-state index in [0.717, 1.165) is 17.9 Å². The number of pyridine rings is 1. The van der Waals surface area contributed by atoms with Crippen LogP contribution in [0.2, 0.25) is 0 Å². The Morgan fingerprint density at radius 2 is 2.00 bits per heavy atom. The largest absolute Gasteiger partial charge is 0.494 e. The highest BCUT2D eigenvalue weighted by molar-refractivity contribution is 5.35. The van der Waals surface area contributed by atoms with E-state index in [-0.39, 0.29) is 6.04 Å². The summed E-state index contributed by atoms with van der Waals surface area (Å²) in [5.74, 6) is 0.909. The van der Waals surface area contributed by atoms with Crippen molar-refractivity contribution in [1.29, 1.82) is 0 Å². The molecule has 0 spiro atoms. The van der Waals surface area contributed by atoms with Crippen molar-refractivity contribution in [2.75, 3.05) is 13.2 Å². The molecule has 3 heteroatoms. The van der Waals surface area contributed by atoms with Gasteiger partial charge >= 0.3 is 0 Å². The first kappa shape index (κ1) is 13.6. The Balaban J connectivity index is 2.31. The predicted molar refractivity (Wildman–Crippen MR) is 77.4 cm³/mol. The molecule has 2 aromatic rings. The summed E-state index contributed by atoms with van der Waals surface area (Å²) in [5, 5.41) is 3.49. The fourth-order valence-electron chi connectivity index (χ4n) is 2.13. The SMILES string of the molecule is CCNC(c1cccnc1)c1cccc(OCC)c1. The van der Waals surface area contributed by atoms with Gasteiger partial charge < -0.3 is 10.1 Å². The predicted octanol–water partition coefficient (Wildman–Crippen LogP) is 3.18. The van der Waals surface area contributed by atoms with Crippen molar-refractivity contribution in [3.63, 3.8) is 0 Å². The van der Waals surface area contributed by atoms with Gasteiger partial charge in [-0.3, -0.25) is 4.98 Å². The third-order valence-corrected chi connectivity index (χ3v) is 2.93. The molecular weight excluding hydrogens is 236 g/mol. The molecule has 2 rings (SSSR count). The van der Waals surface area contributed by atoms with E-state index in [4.69, 9.17) is 4.74 Å². The molecule has 0 saturated carbocycles. The second-order valence-corrected chi connectivity index (χ2v) is 4.28. The van der Waals surface area contributed by atoms with Crippen LogP contribution >= 0.6 is 0 Å². The Morgan fingerprint density at radius 1 is 1.16 bits per heavy atom. The molecule has 1 heterocycles. The summed E-state index contributed by atoms with van der Waals surface area (Å²) in [7, 11) is 0. The van der Waals surface area contributed by atoms with Crippen LogP contribution in [0.3, 0.4) is 0 Å². The van der Waals surface area contributed by atoms with Gasteiger partial charge in [-0.1, -0.05) is 25.1 Å². The van der Waals surface area contributed by atoms with E-state index >= 15 is 0 Å². The highest BCUT2D eigenvalue weighted by atomic mass is 16.5. The van der Waals surface area contributed by atoms with Gasteiger partial charge in [0.2, 0.25) is 0 Å². The van der Waals surface area contributed by atoms with Gasteiger partial charge in [-0.25, -0.2) is 0 Å². The van der Waals surface area contributed by atoms with Gasteiger partial charge in [0.15, 0.2) is 0 Å². The fourth-order valence-corrected chi connectivity index (χ4v) is 2.13. The summed E-state index contributed by atoms with van der Waals surface area (Å²) < 4.78 is 5.57. The van der Waals surface area contributed by atoms with Crippen LogP contribution in [-0.4, -0.2) is 18.1 Å². The van der Waals surface area contributed by atoms with E-state index in [0.29, 0.717) is 6.61 Å². The fraction of sp³-hybridized carbons (Fsp3) is 0.312. The third-order valence-electron chi connectivity index (χ3n) is 2.93. The molecule has 0 amide bonds. The van der Waals surface area contributed by atoms with Crippen molar-refractivity contribution in [1.82, 2.24) is 10.3 Å². The molecule has 3 nitrogen and oxygen atoms in total. The molecule has 0 aliphatic carbocycles. The van der Waals surface area contributed by atoms with Gasteiger partial charge in [-0.05, 0) is 42.8 Å². The molecule has 0 bridgehead atoms.